The molecule has 1 aromatic rings. The Labute approximate surface area is 96.0 Å². The first-order valence-electron chi connectivity index (χ1n) is 5.64. The largest absolute Gasteiger partial charge is 0.481 e. The number of nitrogens with zero attached hydrogens (tertiary/aromatic N) is 1. The average molecular weight is 222 g/mol. The molecule has 1 aliphatic heterocycles. The van der Waals surface area contributed by atoms with E-state index < -0.39 is 0 Å². The Bertz CT molecular complexity index is 344. The average Bonchev–Trinajstić information content (AvgIpc) is 2.72. The standard InChI is InChI=1S/C12H18N2O2/c1-9-11(6-7-16-9)13-8-10-4-3-5-12(14-10)15-2/h3-5,9,11,13H,6-8H2,1-2H3. The third kappa shape index (κ3) is 2.71. The molecule has 88 valence electrons. The first-order valence-corrected chi connectivity index (χ1v) is 5.64. The molecule has 0 bridgehead atoms. The molecule has 2 atom stereocenters. The highest BCUT2D eigenvalue weighted by molar-refractivity contribution is 5.15. The van der Waals surface area contributed by atoms with Gasteiger partial charge in [0.1, 0.15) is 0 Å². The van der Waals surface area contributed by atoms with E-state index in [0.29, 0.717) is 18.0 Å². The molecule has 2 heterocycles. The second-order valence-electron chi connectivity index (χ2n) is 4.02. The van der Waals surface area contributed by atoms with Crippen molar-refractivity contribution < 1.29 is 9.47 Å². The summed E-state index contributed by atoms with van der Waals surface area (Å²) in [6.45, 7) is 3.71. The predicted molar refractivity (Wildman–Crippen MR) is 61.4 cm³/mol. The summed E-state index contributed by atoms with van der Waals surface area (Å²) < 4.78 is 10.6. The van der Waals surface area contributed by atoms with Crippen molar-refractivity contribution in [2.45, 2.75) is 32.0 Å². The Balaban J connectivity index is 1.88. The Morgan fingerprint density at radius 2 is 2.44 bits per heavy atom. The lowest BCUT2D eigenvalue weighted by molar-refractivity contribution is 0.113. The van der Waals surface area contributed by atoms with Gasteiger partial charge < -0.3 is 14.8 Å². The fourth-order valence-corrected chi connectivity index (χ4v) is 1.91. The van der Waals surface area contributed by atoms with Crippen LogP contribution in [0.1, 0.15) is 19.0 Å². The fourth-order valence-electron chi connectivity index (χ4n) is 1.91. The minimum Gasteiger partial charge on any atom is -0.481 e. The van der Waals surface area contributed by atoms with Crippen molar-refractivity contribution in [2.75, 3.05) is 13.7 Å². The van der Waals surface area contributed by atoms with Gasteiger partial charge in [0.2, 0.25) is 5.88 Å². The Morgan fingerprint density at radius 3 is 3.12 bits per heavy atom. The van der Waals surface area contributed by atoms with Crippen molar-refractivity contribution in [3.05, 3.63) is 23.9 Å². The van der Waals surface area contributed by atoms with Crippen molar-refractivity contribution in [3.8, 4) is 5.88 Å². The summed E-state index contributed by atoms with van der Waals surface area (Å²) in [6.07, 6.45) is 1.37. The molecular formula is C12H18N2O2. The van der Waals surface area contributed by atoms with E-state index >= 15 is 0 Å². The second kappa shape index (κ2) is 5.27. The SMILES string of the molecule is COc1cccc(CNC2CCOC2C)n1. The summed E-state index contributed by atoms with van der Waals surface area (Å²) in [5.74, 6) is 0.662. The van der Waals surface area contributed by atoms with E-state index in [-0.39, 0.29) is 0 Å². The van der Waals surface area contributed by atoms with Crippen molar-refractivity contribution in [2.24, 2.45) is 0 Å². The van der Waals surface area contributed by atoms with Gasteiger partial charge in [-0.3, -0.25) is 0 Å². The highest BCUT2D eigenvalue weighted by atomic mass is 16.5. The first-order chi connectivity index (χ1) is 7.79. The van der Waals surface area contributed by atoms with E-state index in [1.165, 1.54) is 0 Å². The molecule has 0 amide bonds. The molecule has 0 spiro atoms. The van der Waals surface area contributed by atoms with Gasteiger partial charge in [0.15, 0.2) is 0 Å². The number of pyridine rings is 1. The van der Waals surface area contributed by atoms with Gasteiger partial charge in [0.05, 0.1) is 18.9 Å². The molecule has 1 aromatic heterocycles. The molecule has 4 heteroatoms. The quantitative estimate of drug-likeness (QED) is 0.835. The molecule has 0 aliphatic carbocycles. The van der Waals surface area contributed by atoms with Gasteiger partial charge in [0, 0.05) is 25.3 Å². The number of nitrogens with one attached hydrogen (secondary N) is 1. The highest BCUT2D eigenvalue weighted by Gasteiger charge is 2.23. The van der Waals surface area contributed by atoms with Crippen LogP contribution in [0.5, 0.6) is 5.88 Å². The van der Waals surface area contributed by atoms with Crippen LogP contribution in [-0.2, 0) is 11.3 Å². The molecule has 1 N–H and O–H groups in total. The number of hydrogen-bond donors (Lipinski definition) is 1. The maximum atomic E-state index is 5.49. The van der Waals surface area contributed by atoms with E-state index in [0.717, 1.165) is 25.3 Å². The van der Waals surface area contributed by atoms with E-state index in [1.807, 2.05) is 18.2 Å². The van der Waals surface area contributed by atoms with Crippen LogP contribution in [0.25, 0.3) is 0 Å². The molecule has 1 aliphatic rings. The monoisotopic (exact) mass is 222 g/mol. The maximum absolute atomic E-state index is 5.49. The van der Waals surface area contributed by atoms with Crippen LogP contribution in [0.15, 0.2) is 18.2 Å². The number of methoxy groups -OCH3 is 1. The number of hydrogen-bond acceptors (Lipinski definition) is 4. The predicted octanol–water partition coefficient (Wildman–Crippen LogP) is 1.36. The van der Waals surface area contributed by atoms with Crippen molar-refractivity contribution in [1.29, 1.82) is 0 Å². The van der Waals surface area contributed by atoms with Gasteiger partial charge in [-0.15, -0.1) is 0 Å². The molecule has 0 aromatic carbocycles. The van der Waals surface area contributed by atoms with Gasteiger partial charge in [-0.1, -0.05) is 6.07 Å². The first kappa shape index (κ1) is 11.4. The van der Waals surface area contributed by atoms with Gasteiger partial charge in [-0.2, -0.15) is 0 Å². The zero-order valence-electron chi connectivity index (χ0n) is 9.77. The number of aromatic nitrogens is 1. The summed E-state index contributed by atoms with van der Waals surface area (Å²) in [7, 11) is 1.63. The van der Waals surface area contributed by atoms with E-state index in [9.17, 15) is 0 Å². The van der Waals surface area contributed by atoms with Crippen LogP contribution in [0, 0.1) is 0 Å². The lowest BCUT2D eigenvalue weighted by Gasteiger charge is -2.15. The lowest BCUT2D eigenvalue weighted by Crippen LogP contribution is -2.34. The molecule has 1 fully saturated rings. The van der Waals surface area contributed by atoms with E-state index in [4.69, 9.17) is 9.47 Å². The zero-order chi connectivity index (χ0) is 11.4. The summed E-state index contributed by atoms with van der Waals surface area (Å²) in [4.78, 5) is 4.35. The van der Waals surface area contributed by atoms with Gasteiger partial charge in [-0.25, -0.2) is 4.98 Å². The summed E-state index contributed by atoms with van der Waals surface area (Å²) in [5, 5.41) is 3.46. The Morgan fingerprint density at radius 1 is 1.56 bits per heavy atom. The van der Waals surface area contributed by atoms with Crippen LogP contribution in [-0.4, -0.2) is 30.8 Å². The van der Waals surface area contributed by atoms with Crippen molar-refractivity contribution in [1.82, 2.24) is 10.3 Å². The van der Waals surface area contributed by atoms with Crippen molar-refractivity contribution >= 4 is 0 Å². The third-order valence-electron chi connectivity index (χ3n) is 2.91. The Kier molecular flexibility index (Phi) is 3.74. The van der Waals surface area contributed by atoms with Crippen LogP contribution in [0.2, 0.25) is 0 Å². The van der Waals surface area contributed by atoms with Crippen LogP contribution in [0.4, 0.5) is 0 Å². The molecular weight excluding hydrogens is 204 g/mol. The second-order valence-corrected chi connectivity index (χ2v) is 4.02. The summed E-state index contributed by atoms with van der Waals surface area (Å²) in [6, 6.07) is 6.24. The maximum Gasteiger partial charge on any atom is 0.213 e. The van der Waals surface area contributed by atoms with E-state index in [1.54, 1.807) is 7.11 Å². The number of ether oxygens (including phenoxy) is 2. The van der Waals surface area contributed by atoms with E-state index in [2.05, 4.69) is 17.2 Å². The van der Waals surface area contributed by atoms with Crippen LogP contribution < -0.4 is 10.1 Å². The highest BCUT2D eigenvalue weighted by Crippen LogP contribution is 2.13. The smallest absolute Gasteiger partial charge is 0.213 e. The normalized spacial score (nSPS) is 24.6. The lowest BCUT2D eigenvalue weighted by atomic mass is 10.1. The van der Waals surface area contributed by atoms with Gasteiger partial charge >= 0.3 is 0 Å². The van der Waals surface area contributed by atoms with Crippen LogP contribution >= 0.6 is 0 Å². The molecule has 0 radical (unpaired) electrons. The van der Waals surface area contributed by atoms with Crippen molar-refractivity contribution in [3.63, 3.8) is 0 Å². The molecule has 0 saturated carbocycles. The Hall–Kier alpha value is -1.13. The van der Waals surface area contributed by atoms with Gasteiger partial charge in [0.25, 0.3) is 0 Å². The summed E-state index contributed by atoms with van der Waals surface area (Å²) in [5.41, 5.74) is 0.999. The number of rotatable bonds is 4. The molecule has 16 heavy (non-hydrogen) atoms. The fraction of sp³-hybridized carbons (Fsp3) is 0.583. The molecule has 4 nitrogen and oxygen atoms in total. The molecule has 2 rings (SSSR count). The minimum atomic E-state index is 0.297. The minimum absolute atomic E-state index is 0.297. The molecule has 2 unspecified atom stereocenters. The third-order valence-corrected chi connectivity index (χ3v) is 2.91. The zero-order valence-corrected chi connectivity index (χ0v) is 9.77. The van der Waals surface area contributed by atoms with Gasteiger partial charge in [-0.05, 0) is 19.4 Å². The van der Waals surface area contributed by atoms with Crippen LogP contribution in [0.3, 0.4) is 0 Å². The molecule has 1 saturated heterocycles. The topological polar surface area (TPSA) is 43.4 Å². The summed E-state index contributed by atoms with van der Waals surface area (Å²) >= 11 is 0.